The molecule has 5 heterocycles. The molecule has 1 fully saturated rings. The van der Waals surface area contributed by atoms with E-state index >= 15 is 0 Å². The number of rotatable bonds is 11. The Balaban J connectivity index is 1.23. The molecule has 6 aromatic rings. The number of aromatic amines is 1. The van der Waals surface area contributed by atoms with Crippen molar-refractivity contribution in [1.29, 1.82) is 0 Å². The molecule has 4 aromatic heterocycles. The number of aliphatic hydroxyl groups excluding tert-OH is 2. The van der Waals surface area contributed by atoms with Crippen molar-refractivity contribution < 1.29 is 14.9 Å². The van der Waals surface area contributed by atoms with Crippen molar-refractivity contribution in [3.05, 3.63) is 108 Å². The zero-order valence-corrected chi connectivity index (χ0v) is 26.3. The molecule has 1 unspecified atom stereocenters. The summed E-state index contributed by atoms with van der Waals surface area (Å²) in [6.07, 6.45) is 1.46. The second-order valence-corrected chi connectivity index (χ2v) is 12.0. The quantitative estimate of drug-likeness (QED) is 0.141. The third-order valence-corrected chi connectivity index (χ3v) is 8.33. The predicted molar refractivity (Wildman–Crippen MR) is 175 cm³/mol. The third-order valence-electron chi connectivity index (χ3n) is 8.33. The van der Waals surface area contributed by atoms with Gasteiger partial charge in [0.05, 0.1) is 18.3 Å². The van der Waals surface area contributed by atoms with E-state index in [4.69, 9.17) is 14.7 Å². The molecule has 0 bridgehead atoms. The molecule has 1 saturated heterocycles. The van der Waals surface area contributed by atoms with Crippen LogP contribution in [0.25, 0.3) is 11.2 Å². The van der Waals surface area contributed by atoms with Gasteiger partial charge in [0.15, 0.2) is 35.1 Å². The Bertz CT molecular complexity index is 1900. The van der Waals surface area contributed by atoms with Crippen LogP contribution in [0.2, 0.25) is 0 Å². The number of hydrogen-bond donors (Lipinski definition) is 5. The molecule has 0 spiro atoms. The van der Waals surface area contributed by atoms with Crippen molar-refractivity contribution in [3.8, 4) is 0 Å². The molecule has 5 N–H and O–H groups in total. The molecule has 47 heavy (non-hydrogen) atoms. The van der Waals surface area contributed by atoms with Crippen LogP contribution in [0.15, 0.2) is 79.5 Å². The summed E-state index contributed by atoms with van der Waals surface area (Å²) >= 11 is 0. The largest absolute Gasteiger partial charge is 0.387 e. The van der Waals surface area contributed by atoms with Crippen LogP contribution < -0.4 is 10.6 Å². The molecule has 0 radical (unpaired) electrons. The second-order valence-electron chi connectivity index (χ2n) is 12.0. The molecule has 0 saturated carbocycles. The zero-order valence-electron chi connectivity index (χ0n) is 26.3. The van der Waals surface area contributed by atoms with Crippen LogP contribution in [0.5, 0.6) is 0 Å². The minimum absolute atomic E-state index is 0.0321. The van der Waals surface area contributed by atoms with Gasteiger partial charge < -0.3 is 30.2 Å². The summed E-state index contributed by atoms with van der Waals surface area (Å²) < 4.78 is 9.69. The Morgan fingerprint density at radius 1 is 0.936 bits per heavy atom. The van der Waals surface area contributed by atoms with Gasteiger partial charge in [0, 0.05) is 38.2 Å². The van der Waals surface area contributed by atoms with Gasteiger partial charge in [-0.25, -0.2) is 15.0 Å². The zero-order chi connectivity index (χ0) is 32.5. The van der Waals surface area contributed by atoms with Gasteiger partial charge in [0.25, 0.3) is 0 Å². The number of imidazole rings is 2. The summed E-state index contributed by atoms with van der Waals surface area (Å²) in [6, 6.07) is 20.6. The van der Waals surface area contributed by atoms with Crippen molar-refractivity contribution >= 4 is 22.9 Å². The summed E-state index contributed by atoms with van der Waals surface area (Å²) in [5, 5.41) is 35.9. The van der Waals surface area contributed by atoms with Crippen LogP contribution in [0.3, 0.4) is 0 Å². The highest BCUT2D eigenvalue weighted by Gasteiger charge is 2.47. The highest BCUT2D eigenvalue weighted by Crippen LogP contribution is 2.39. The fourth-order valence-corrected chi connectivity index (χ4v) is 6.04. The predicted octanol–water partition coefficient (Wildman–Crippen LogP) is 3.27. The molecule has 7 rings (SSSR count). The SMILES string of the molecule is Cc1nc([C@H]2O[C@@H](n3cnc4c(NCC(c5ccccc5)c5ccccc5)nc(NC(C)Cc5cn(C)cn5)nc43)[C@H](O)[C@@H]2O)n[nH]1. The standard InChI is InChI=1S/C33H37N11O3/c1-19(14-23-16-43(3)17-35-23)37-33-39-29(34-15-24(21-10-6-4-7-11-21)22-12-8-5-9-13-22)25-31(40-33)44(18-36-25)32-27(46)26(45)28(47-32)30-38-20(2)41-42-30/h4-13,16-19,24,26-28,32,45-46H,14-15H2,1-3H3,(H,38,41,42)(H2,34,37,39,40)/t19?,26-,27+,28-,32+/m0/s1. The number of anilines is 2. The van der Waals surface area contributed by atoms with E-state index in [1.807, 2.05) is 61.1 Å². The van der Waals surface area contributed by atoms with Crippen molar-refractivity contribution in [2.75, 3.05) is 17.2 Å². The highest BCUT2D eigenvalue weighted by atomic mass is 16.6. The van der Waals surface area contributed by atoms with Gasteiger partial charge in [-0.15, -0.1) is 0 Å². The normalized spacial score (nSPS) is 20.2. The fraction of sp³-hybridized carbons (Fsp3) is 0.333. The van der Waals surface area contributed by atoms with Gasteiger partial charge in [-0.05, 0) is 25.0 Å². The number of aliphatic hydroxyl groups is 2. The average Bonchev–Trinajstić information content (AvgIpc) is 3.86. The summed E-state index contributed by atoms with van der Waals surface area (Å²) in [5.41, 5.74) is 4.18. The third kappa shape index (κ3) is 6.30. The van der Waals surface area contributed by atoms with Crippen molar-refractivity contribution in [1.82, 2.24) is 44.3 Å². The van der Waals surface area contributed by atoms with Crippen LogP contribution in [-0.4, -0.2) is 79.3 Å². The molecule has 0 amide bonds. The van der Waals surface area contributed by atoms with E-state index in [1.165, 1.54) is 0 Å². The average molecular weight is 636 g/mol. The number of nitrogens with zero attached hydrogens (tertiary/aromatic N) is 8. The molecule has 5 atom stereocenters. The van der Waals surface area contributed by atoms with Crippen molar-refractivity contribution in [3.63, 3.8) is 0 Å². The minimum atomic E-state index is -1.29. The van der Waals surface area contributed by atoms with Gasteiger partial charge >= 0.3 is 0 Å². The van der Waals surface area contributed by atoms with Crippen LogP contribution in [0, 0.1) is 6.92 Å². The highest BCUT2D eigenvalue weighted by molar-refractivity contribution is 5.84. The summed E-state index contributed by atoms with van der Waals surface area (Å²) in [6.45, 7) is 4.32. The monoisotopic (exact) mass is 635 g/mol. The molecule has 1 aliphatic heterocycles. The molecule has 2 aromatic carbocycles. The molecule has 14 nitrogen and oxygen atoms in total. The van der Waals surface area contributed by atoms with E-state index < -0.39 is 24.5 Å². The Labute approximate surface area is 270 Å². The first-order chi connectivity index (χ1) is 22.8. The number of nitrogens with one attached hydrogen (secondary N) is 3. The van der Waals surface area contributed by atoms with Crippen LogP contribution >= 0.6 is 0 Å². The second kappa shape index (κ2) is 12.9. The number of H-pyrrole nitrogens is 1. The van der Waals surface area contributed by atoms with E-state index in [2.05, 4.69) is 60.0 Å². The topological polar surface area (TPSA) is 177 Å². The molecule has 1 aliphatic rings. The Hall–Kier alpha value is -5.18. The first-order valence-corrected chi connectivity index (χ1v) is 15.6. The van der Waals surface area contributed by atoms with Crippen LogP contribution in [0.4, 0.5) is 11.8 Å². The Morgan fingerprint density at radius 3 is 2.30 bits per heavy atom. The number of aryl methyl sites for hydroxylation is 2. The maximum Gasteiger partial charge on any atom is 0.227 e. The molecule has 242 valence electrons. The Morgan fingerprint density at radius 2 is 1.66 bits per heavy atom. The number of ether oxygens (including phenoxy) is 1. The summed E-state index contributed by atoms with van der Waals surface area (Å²) in [7, 11) is 1.94. The number of aromatic nitrogens is 9. The molecule has 14 heteroatoms. The van der Waals surface area contributed by atoms with Gasteiger partial charge in [-0.2, -0.15) is 15.1 Å². The lowest BCUT2D eigenvalue weighted by Crippen LogP contribution is -2.29. The van der Waals surface area contributed by atoms with Crippen LogP contribution in [-0.2, 0) is 18.2 Å². The maximum absolute atomic E-state index is 11.1. The van der Waals surface area contributed by atoms with Gasteiger partial charge in [0.1, 0.15) is 18.0 Å². The van der Waals surface area contributed by atoms with E-state index in [9.17, 15) is 10.2 Å². The number of fused-ring (bicyclic) bond motifs is 1. The van der Waals surface area contributed by atoms with Gasteiger partial charge in [0.2, 0.25) is 5.95 Å². The number of hydrogen-bond acceptors (Lipinski definition) is 11. The molecule has 0 aliphatic carbocycles. The number of benzene rings is 2. The lowest BCUT2D eigenvalue weighted by Gasteiger charge is -2.20. The summed E-state index contributed by atoms with van der Waals surface area (Å²) in [4.78, 5) is 23.1. The molecular weight excluding hydrogens is 598 g/mol. The molecular formula is C33H37N11O3. The van der Waals surface area contributed by atoms with E-state index in [1.54, 1.807) is 24.1 Å². The van der Waals surface area contributed by atoms with Gasteiger partial charge in [-0.1, -0.05) is 60.7 Å². The minimum Gasteiger partial charge on any atom is -0.387 e. The fourth-order valence-electron chi connectivity index (χ4n) is 6.04. The smallest absolute Gasteiger partial charge is 0.227 e. The van der Waals surface area contributed by atoms with Crippen molar-refractivity contribution in [2.24, 2.45) is 7.05 Å². The Kier molecular flexibility index (Phi) is 8.37. The lowest BCUT2D eigenvalue weighted by atomic mass is 9.91. The first kappa shape index (κ1) is 30.5. The van der Waals surface area contributed by atoms with Gasteiger partial charge in [-0.3, -0.25) is 9.67 Å². The summed E-state index contributed by atoms with van der Waals surface area (Å²) in [5.74, 6) is 1.76. The van der Waals surface area contributed by atoms with E-state index in [-0.39, 0.29) is 17.8 Å². The first-order valence-electron chi connectivity index (χ1n) is 15.6. The van der Waals surface area contributed by atoms with Crippen LogP contribution in [0.1, 0.15) is 53.6 Å². The van der Waals surface area contributed by atoms with Crippen molar-refractivity contribution in [2.45, 2.75) is 56.8 Å². The van der Waals surface area contributed by atoms with E-state index in [0.717, 1.165) is 16.8 Å². The lowest BCUT2D eigenvalue weighted by molar-refractivity contribution is -0.0382. The maximum atomic E-state index is 11.1. The van der Waals surface area contributed by atoms with E-state index in [0.29, 0.717) is 41.7 Å².